The molecule has 4 heteroatoms. The Morgan fingerprint density at radius 3 is 2.89 bits per heavy atom. The molecule has 18 heavy (non-hydrogen) atoms. The standard InChI is InChI=1S/C14H18N2O2/c15-13-9-5-4-8-12(16-13)14(17)18-10-11-6-2-1-3-7-11/h1-3,6-7,12H,4-5,8-10H2,(H2,15,16). The van der Waals surface area contributed by atoms with Crippen LogP contribution < -0.4 is 5.73 Å². The van der Waals surface area contributed by atoms with Gasteiger partial charge < -0.3 is 10.5 Å². The second-order valence-corrected chi connectivity index (χ2v) is 4.48. The summed E-state index contributed by atoms with van der Waals surface area (Å²) in [5, 5.41) is 0. The second kappa shape index (κ2) is 6.19. The normalized spacial score (nSPS) is 19.8. The van der Waals surface area contributed by atoms with Gasteiger partial charge in [-0.25, -0.2) is 4.79 Å². The van der Waals surface area contributed by atoms with Gasteiger partial charge in [-0.1, -0.05) is 36.8 Å². The number of hydrogen-bond donors (Lipinski definition) is 1. The zero-order valence-electron chi connectivity index (χ0n) is 10.3. The molecular formula is C14H18N2O2. The van der Waals surface area contributed by atoms with Gasteiger partial charge >= 0.3 is 5.97 Å². The van der Waals surface area contributed by atoms with Gasteiger partial charge in [0.25, 0.3) is 0 Å². The molecule has 0 aromatic heterocycles. The Morgan fingerprint density at radius 1 is 1.33 bits per heavy atom. The number of hydrogen-bond acceptors (Lipinski definition) is 4. The van der Waals surface area contributed by atoms with E-state index in [0.29, 0.717) is 12.4 Å². The summed E-state index contributed by atoms with van der Waals surface area (Å²) < 4.78 is 5.27. The molecule has 0 bridgehead atoms. The maximum atomic E-state index is 11.9. The van der Waals surface area contributed by atoms with E-state index in [1.807, 2.05) is 30.3 Å². The van der Waals surface area contributed by atoms with Crippen molar-refractivity contribution in [3.63, 3.8) is 0 Å². The molecule has 0 aliphatic carbocycles. The third kappa shape index (κ3) is 3.58. The molecule has 1 aromatic carbocycles. The Hall–Kier alpha value is -1.84. The highest BCUT2D eigenvalue weighted by molar-refractivity contribution is 5.85. The average Bonchev–Trinajstić information content (AvgIpc) is 2.62. The topological polar surface area (TPSA) is 64.7 Å². The molecule has 0 radical (unpaired) electrons. The van der Waals surface area contributed by atoms with E-state index in [1.165, 1.54) is 0 Å². The Bertz CT molecular complexity index is 429. The molecule has 1 unspecified atom stereocenters. The minimum absolute atomic E-state index is 0.274. The third-order valence-corrected chi connectivity index (χ3v) is 2.98. The van der Waals surface area contributed by atoms with Crippen LogP contribution >= 0.6 is 0 Å². The van der Waals surface area contributed by atoms with Crippen molar-refractivity contribution in [1.29, 1.82) is 0 Å². The van der Waals surface area contributed by atoms with Crippen LogP contribution in [0.1, 0.15) is 31.2 Å². The fourth-order valence-corrected chi connectivity index (χ4v) is 1.97. The van der Waals surface area contributed by atoms with Crippen LogP contribution in [0.5, 0.6) is 0 Å². The minimum Gasteiger partial charge on any atom is -0.459 e. The lowest BCUT2D eigenvalue weighted by atomic mass is 10.1. The van der Waals surface area contributed by atoms with Crippen LogP contribution in [-0.2, 0) is 16.1 Å². The predicted molar refractivity (Wildman–Crippen MR) is 70.1 cm³/mol. The number of nitrogens with two attached hydrogens (primary N) is 1. The largest absolute Gasteiger partial charge is 0.459 e. The van der Waals surface area contributed by atoms with Gasteiger partial charge in [-0.2, -0.15) is 0 Å². The van der Waals surface area contributed by atoms with Gasteiger partial charge in [0.1, 0.15) is 12.6 Å². The number of benzene rings is 1. The van der Waals surface area contributed by atoms with Crippen LogP contribution in [0.25, 0.3) is 0 Å². The van der Waals surface area contributed by atoms with Gasteiger partial charge in [0.15, 0.2) is 0 Å². The molecule has 0 spiro atoms. The summed E-state index contributed by atoms with van der Waals surface area (Å²) in [6.45, 7) is 0.297. The van der Waals surface area contributed by atoms with Crippen molar-refractivity contribution in [2.45, 2.75) is 38.3 Å². The first kappa shape index (κ1) is 12.6. The van der Waals surface area contributed by atoms with Crippen molar-refractivity contribution in [3.05, 3.63) is 35.9 Å². The first-order valence-corrected chi connectivity index (χ1v) is 6.28. The summed E-state index contributed by atoms with van der Waals surface area (Å²) in [5.41, 5.74) is 6.70. The molecule has 1 aliphatic rings. The van der Waals surface area contributed by atoms with Crippen LogP contribution in [0.15, 0.2) is 35.3 Å². The van der Waals surface area contributed by atoms with E-state index in [2.05, 4.69) is 4.99 Å². The molecule has 96 valence electrons. The van der Waals surface area contributed by atoms with Crippen molar-refractivity contribution < 1.29 is 9.53 Å². The predicted octanol–water partition coefficient (Wildman–Crippen LogP) is 2.03. The van der Waals surface area contributed by atoms with E-state index < -0.39 is 6.04 Å². The van der Waals surface area contributed by atoms with E-state index >= 15 is 0 Å². The Labute approximate surface area is 107 Å². The summed E-state index contributed by atoms with van der Waals surface area (Å²) >= 11 is 0. The lowest BCUT2D eigenvalue weighted by Gasteiger charge is -2.10. The van der Waals surface area contributed by atoms with Gasteiger partial charge in [0, 0.05) is 6.42 Å². The monoisotopic (exact) mass is 246 g/mol. The van der Waals surface area contributed by atoms with Crippen molar-refractivity contribution >= 4 is 11.8 Å². The maximum Gasteiger partial charge on any atom is 0.331 e. The number of amidine groups is 1. The van der Waals surface area contributed by atoms with Gasteiger partial charge in [0.05, 0.1) is 5.84 Å². The average molecular weight is 246 g/mol. The van der Waals surface area contributed by atoms with Crippen LogP contribution in [0.2, 0.25) is 0 Å². The molecule has 0 saturated carbocycles. The number of carbonyl (C=O) groups excluding carboxylic acids is 1. The molecular weight excluding hydrogens is 228 g/mol. The Balaban J connectivity index is 1.89. The zero-order valence-corrected chi connectivity index (χ0v) is 10.3. The first-order chi connectivity index (χ1) is 8.75. The molecule has 1 aromatic rings. The quantitative estimate of drug-likeness (QED) is 0.830. The summed E-state index contributed by atoms with van der Waals surface area (Å²) in [6.07, 6.45) is 3.48. The zero-order chi connectivity index (χ0) is 12.8. The molecule has 4 nitrogen and oxygen atoms in total. The van der Waals surface area contributed by atoms with Crippen molar-refractivity contribution in [3.8, 4) is 0 Å². The van der Waals surface area contributed by atoms with Gasteiger partial charge in [-0.15, -0.1) is 0 Å². The fraction of sp³-hybridized carbons (Fsp3) is 0.429. The molecule has 2 rings (SSSR count). The highest BCUT2D eigenvalue weighted by Gasteiger charge is 2.21. The first-order valence-electron chi connectivity index (χ1n) is 6.28. The summed E-state index contributed by atoms with van der Waals surface area (Å²) in [6, 6.07) is 9.21. The highest BCUT2D eigenvalue weighted by Crippen LogP contribution is 2.14. The van der Waals surface area contributed by atoms with Crippen molar-refractivity contribution in [2.24, 2.45) is 10.7 Å². The molecule has 0 saturated heterocycles. The van der Waals surface area contributed by atoms with E-state index in [0.717, 1.165) is 31.2 Å². The van der Waals surface area contributed by atoms with Gasteiger partial charge in [-0.05, 0) is 18.4 Å². The summed E-state index contributed by atoms with van der Waals surface area (Å²) in [5.74, 6) is 0.290. The fourth-order valence-electron chi connectivity index (χ4n) is 1.97. The van der Waals surface area contributed by atoms with E-state index in [4.69, 9.17) is 10.5 Å². The molecule has 1 atom stereocenters. The Morgan fingerprint density at radius 2 is 2.11 bits per heavy atom. The van der Waals surface area contributed by atoms with Gasteiger partial charge in [-0.3, -0.25) is 4.99 Å². The molecule has 0 amide bonds. The number of esters is 1. The SMILES string of the molecule is NC1=NC(C(=O)OCc2ccccc2)CCCC1. The Kier molecular flexibility index (Phi) is 4.34. The molecule has 2 N–H and O–H groups in total. The number of rotatable bonds is 3. The molecule has 1 aliphatic heterocycles. The van der Waals surface area contributed by atoms with Crippen LogP contribution in [-0.4, -0.2) is 17.8 Å². The minimum atomic E-state index is -0.420. The third-order valence-electron chi connectivity index (χ3n) is 2.98. The van der Waals surface area contributed by atoms with Crippen LogP contribution in [0.3, 0.4) is 0 Å². The van der Waals surface area contributed by atoms with Crippen LogP contribution in [0, 0.1) is 0 Å². The number of carbonyl (C=O) groups is 1. The second-order valence-electron chi connectivity index (χ2n) is 4.48. The molecule has 1 heterocycles. The molecule has 0 fully saturated rings. The van der Waals surface area contributed by atoms with E-state index in [-0.39, 0.29) is 5.97 Å². The summed E-state index contributed by atoms with van der Waals surface area (Å²) in [7, 11) is 0. The van der Waals surface area contributed by atoms with Gasteiger partial charge in [0.2, 0.25) is 0 Å². The summed E-state index contributed by atoms with van der Waals surface area (Å²) in [4.78, 5) is 16.1. The lowest BCUT2D eigenvalue weighted by Crippen LogP contribution is -2.23. The van der Waals surface area contributed by atoms with Crippen molar-refractivity contribution in [1.82, 2.24) is 0 Å². The number of nitrogens with zero attached hydrogens (tertiary/aromatic N) is 1. The lowest BCUT2D eigenvalue weighted by molar-refractivity contribution is -0.146. The maximum absolute atomic E-state index is 11.9. The number of ether oxygens (including phenoxy) is 1. The van der Waals surface area contributed by atoms with Crippen molar-refractivity contribution in [2.75, 3.05) is 0 Å². The van der Waals surface area contributed by atoms with E-state index in [9.17, 15) is 4.79 Å². The van der Waals surface area contributed by atoms with Crippen LogP contribution in [0.4, 0.5) is 0 Å². The number of aliphatic imine (C=N–C) groups is 1. The van der Waals surface area contributed by atoms with E-state index in [1.54, 1.807) is 0 Å². The highest BCUT2D eigenvalue weighted by atomic mass is 16.5. The smallest absolute Gasteiger partial charge is 0.331 e.